The van der Waals surface area contributed by atoms with Crippen molar-refractivity contribution < 1.29 is 9.47 Å². The number of benzene rings is 1. The van der Waals surface area contributed by atoms with E-state index in [4.69, 9.17) is 9.47 Å². The van der Waals surface area contributed by atoms with Crippen LogP contribution in [-0.2, 0) is 0 Å². The number of methoxy groups -OCH3 is 2. The summed E-state index contributed by atoms with van der Waals surface area (Å²) in [6, 6.07) is 7.02. The Morgan fingerprint density at radius 2 is 1.45 bits per heavy atom. The summed E-state index contributed by atoms with van der Waals surface area (Å²) in [5.74, 6) is 1.56. The van der Waals surface area contributed by atoms with E-state index in [1.807, 2.05) is 25.1 Å². The van der Waals surface area contributed by atoms with Gasteiger partial charge in [0.15, 0.2) is 11.5 Å². The molecule has 20 heavy (non-hydrogen) atoms. The highest BCUT2D eigenvalue weighted by atomic mass is 16.5. The van der Waals surface area contributed by atoms with Crippen molar-refractivity contribution in [2.45, 2.75) is 52.4 Å². The smallest absolute Gasteiger partial charge is 0.160 e. The molecule has 0 aromatic heterocycles. The van der Waals surface area contributed by atoms with Crippen LogP contribution in [0.1, 0.15) is 33.3 Å². The van der Waals surface area contributed by atoms with Gasteiger partial charge in [0.1, 0.15) is 0 Å². The average molecular weight is 280 g/mol. The van der Waals surface area contributed by atoms with E-state index >= 15 is 0 Å². The summed E-state index contributed by atoms with van der Waals surface area (Å²) in [7, 11) is 3.27. The number of hydrogen-bond donors (Lipinski definition) is 2. The minimum absolute atomic E-state index is 0.138. The van der Waals surface area contributed by atoms with Gasteiger partial charge in [-0.3, -0.25) is 10.6 Å². The summed E-state index contributed by atoms with van der Waals surface area (Å²) < 4.78 is 10.2. The van der Waals surface area contributed by atoms with Gasteiger partial charge < -0.3 is 9.47 Å². The van der Waals surface area contributed by atoms with Crippen LogP contribution in [-0.4, -0.2) is 32.0 Å². The number of ether oxygens (including phenoxy) is 2. The lowest BCUT2D eigenvalue weighted by molar-refractivity contribution is 0.354. The highest BCUT2D eigenvalue weighted by Gasteiger charge is 2.31. The van der Waals surface area contributed by atoms with Gasteiger partial charge in [0.05, 0.1) is 19.9 Å². The van der Waals surface area contributed by atoms with Crippen molar-refractivity contribution in [2.75, 3.05) is 14.2 Å². The minimum atomic E-state index is 0.138. The van der Waals surface area contributed by atoms with Gasteiger partial charge in [0, 0.05) is 12.1 Å². The van der Waals surface area contributed by atoms with Crippen molar-refractivity contribution in [1.82, 2.24) is 10.6 Å². The zero-order valence-electron chi connectivity index (χ0n) is 13.7. The summed E-state index contributed by atoms with van der Waals surface area (Å²) >= 11 is 0. The maximum Gasteiger partial charge on any atom is 0.160 e. The fourth-order valence-electron chi connectivity index (χ4n) is 2.37. The van der Waals surface area contributed by atoms with Crippen molar-refractivity contribution in [3.05, 3.63) is 23.8 Å². The topological polar surface area (TPSA) is 42.5 Å². The molecule has 1 fully saturated rings. The van der Waals surface area contributed by atoms with Crippen molar-refractivity contribution in [2.24, 2.45) is 0 Å². The Kier molecular flexibility index (Phi) is 5.84. The van der Waals surface area contributed by atoms with E-state index in [0.717, 1.165) is 11.5 Å². The molecule has 2 N–H and O–H groups in total. The molecule has 4 heteroatoms. The number of aryl methyl sites for hydroxylation is 1. The zero-order chi connectivity index (χ0) is 15.3. The van der Waals surface area contributed by atoms with Crippen LogP contribution in [0.2, 0.25) is 0 Å². The molecule has 1 saturated heterocycles. The van der Waals surface area contributed by atoms with Crippen LogP contribution in [0.3, 0.4) is 0 Å². The van der Waals surface area contributed by atoms with Gasteiger partial charge in [-0.1, -0.05) is 6.07 Å². The second kappa shape index (κ2) is 6.95. The first kappa shape index (κ1) is 16.8. The summed E-state index contributed by atoms with van der Waals surface area (Å²) in [5, 5.41) is 6.86. The quantitative estimate of drug-likeness (QED) is 0.874. The molecule has 2 unspecified atom stereocenters. The van der Waals surface area contributed by atoms with Crippen molar-refractivity contribution >= 4 is 0 Å². The van der Waals surface area contributed by atoms with E-state index in [9.17, 15) is 0 Å². The van der Waals surface area contributed by atoms with Gasteiger partial charge in [-0.25, -0.2) is 0 Å². The van der Waals surface area contributed by atoms with Gasteiger partial charge in [-0.05, 0) is 52.3 Å². The monoisotopic (exact) mass is 280 g/mol. The summed E-state index contributed by atoms with van der Waals surface area (Å²) in [4.78, 5) is 0. The first-order valence-electron chi connectivity index (χ1n) is 7.03. The standard InChI is InChI=1S/C9H12O2.C7H16N2/c1-7-4-5-8(10-2)9(6-7)11-3;1-5-6(2)9-7(3,4)8-5/h4-6H,1-3H3;5-6,8-9H,1-4H3. The predicted octanol–water partition coefficient (Wildman–Crippen LogP) is 2.70. The Hall–Kier alpha value is -1.26. The van der Waals surface area contributed by atoms with E-state index in [1.165, 1.54) is 5.56 Å². The maximum absolute atomic E-state index is 5.09. The second-order valence-corrected chi connectivity index (χ2v) is 5.85. The third kappa shape index (κ3) is 4.69. The van der Waals surface area contributed by atoms with E-state index in [0.29, 0.717) is 12.1 Å². The Labute approximate surface area is 122 Å². The summed E-state index contributed by atoms with van der Waals surface area (Å²) in [5.41, 5.74) is 1.31. The van der Waals surface area contributed by atoms with Crippen LogP contribution in [0.4, 0.5) is 0 Å². The first-order chi connectivity index (χ1) is 9.29. The molecular formula is C16H28N2O2. The molecule has 0 amide bonds. The van der Waals surface area contributed by atoms with Crippen LogP contribution < -0.4 is 20.1 Å². The maximum atomic E-state index is 5.09. The first-order valence-corrected chi connectivity index (χ1v) is 7.03. The normalized spacial score (nSPS) is 23.8. The SMILES string of the molecule is CC1NC(C)(C)NC1C.COc1ccc(C)cc1OC. The van der Waals surface area contributed by atoms with Crippen LogP contribution in [0.15, 0.2) is 18.2 Å². The molecule has 4 nitrogen and oxygen atoms in total. The van der Waals surface area contributed by atoms with Crippen molar-refractivity contribution in [3.8, 4) is 11.5 Å². The molecule has 1 aromatic carbocycles. The lowest BCUT2D eigenvalue weighted by Gasteiger charge is -2.18. The fourth-order valence-corrected chi connectivity index (χ4v) is 2.37. The molecular weight excluding hydrogens is 252 g/mol. The average Bonchev–Trinajstić information content (AvgIpc) is 2.61. The zero-order valence-corrected chi connectivity index (χ0v) is 13.7. The Balaban J connectivity index is 0.000000204. The fraction of sp³-hybridized carbons (Fsp3) is 0.625. The van der Waals surface area contributed by atoms with Crippen LogP contribution in [0.25, 0.3) is 0 Å². The predicted molar refractivity (Wildman–Crippen MR) is 83.6 cm³/mol. The molecule has 0 radical (unpaired) electrons. The molecule has 2 rings (SSSR count). The molecule has 0 saturated carbocycles. The molecule has 2 atom stereocenters. The Morgan fingerprint density at radius 1 is 0.950 bits per heavy atom. The second-order valence-electron chi connectivity index (χ2n) is 5.85. The molecule has 1 aliphatic rings. The van der Waals surface area contributed by atoms with Gasteiger partial charge in [-0.2, -0.15) is 0 Å². The molecule has 0 aliphatic carbocycles. The van der Waals surface area contributed by atoms with Gasteiger partial charge in [-0.15, -0.1) is 0 Å². The van der Waals surface area contributed by atoms with E-state index in [1.54, 1.807) is 14.2 Å². The Morgan fingerprint density at radius 3 is 1.80 bits per heavy atom. The lowest BCUT2D eigenvalue weighted by Crippen LogP contribution is -2.43. The Bertz CT molecular complexity index is 420. The van der Waals surface area contributed by atoms with Crippen molar-refractivity contribution in [3.63, 3.8) is 0 Å². The van der Waals surface area contributed by atoms with Gasteiger partial charge in [0.2, 0.25) is 0 Å². The highest BCUT2D eigenvalue weighted by molar-refractivity contribution is 5.42. The minimum Gasteiger partial charge on any atom is -0.493 e. The largest absolute Gasteiger partial charge is 0.493 e. The van der Waals surface area contributed by atoms with Crippen LogP contribution >= 0.6 is 0 Å². The summed E-state index contributed by atoms with van der Waals surface area (Å²) in [6.45, 7) is 10.7. The van der Waals surface area contributed by atoms with Crippen LogP contribution in [0, 0.1) is 6.92 Å². The molecule has 0 spiro atoms. The van der Waals surface area contributed by atoms with Gasteiger partial charge >= 0.3 is 0 Å². The van der Waals surface area contributed by atoms with Gasteiger partial charge in [0.25, 0.3) is 0 Å². The third-order valence-corrected chi connectivity index (χ3v) is 3.47. The lowest BCUT2D eigenvalue weighted by atomic mass is 10.2. The van der Waals surface area contributed by atoms with Crippen LogP contribution in [0.5, 0.6) is 11.5 Å². The third-order valence-electron chi connectivity index (χ3n) is 3.47. The molecule has 0 bridgehead atoms. The molecule has 1 aromatic rings. The molecule has 1 aliphatic heterocycles. The number of hydrogen-bond acceptors (Lipinski definition) is 4. The van der Waals surface area contributed by atoms with E-state index in [-0.39, 0.29) is 5.66 Å². The molecule has 114 valence electrons. The van der Waals surface area contributed by atoms with E-state index in [2.05, 4.69) is 38.3 Å². The summed E-state index contributed by atoms with van der Waals surface area (Å²) in [6.07, 6.45) is 0. The number of nitrogens with one attached hydrogen (secondary N) is 2. The van der Waals surface area contributed by atoms with Crippen molar-refractivity contribution in [1.29, 1.82) is 0 Å². The molecule has 1 heterocycles. The van der Waals surface area contributed by atoms with E-state index < -0.39 is 0 Å². The number of rotatable bonds is 2. The highest BCUT2D eigenvalue weighted by Crippen LogP contribution is 2.26.